The van der Waals surface area contributed by atoms with Crippen LogP contribution in [0.3, 0.4) is 0 Å². The van der Waals surface area contributed by atoms with Crippen LogP contribution in [0.5, 0.6) is 5.75 Å². The Labute approximate surface area is 139 Å². The van der Waals surface area contributed by atoms with Gasteiger partial charge < -0.3 is 4.74 Å². The monoisotopic (exact) mass is 321 g/mol. The second kappa shape index (κ2) is 7.12. The highest BCUT2D eigenvalue weighted by Crippen LogP contribution is 2.25. The van der Waals surface area contributed by atoms with Gasteiger partial charge in [0.15, 0.2) is 0 Å². The first-order valence-corrected chi connectivity index (χ1v) is 8.24. The molecule has 1 aromatic heterocycles. The molecule has 0 aliphatic rings. The molecule has 3 rings (SSSR count). The minimum absolute atomic E-state index is 0.577. The molecule has 1 heterocycles. The summed E-state index contributed by atoms with van der Waals surface area (Å²) in [6, 6.07) is 17.2. The van der Waals surface area contributed by atoms with Gasteiger partial charge in [-0.05, 0) is 37.3 Å². The van der Waals surface area contributed by atoms with Gasteiger partial charge in [-0.1, -0.05) is 18.2 Å². The molecule has 0 unspecified atom stereocenters. The van der Waals surface area contributed by atoms with Gasteiger partial charge in [0, 0.05) is 11.1 Å². The lowest BCUT2D eigenvalue weighted by molar-refractivity contribution is 0.344. The smallest absolute Gasteiger partial charge is 0.127 e. The number of aromatic nitrogens is 2. The van der Waals surface area contributed by atoms with Crippen LogP contribution in [0.1, 0.15) is 11.4 Å². The van der Waals surface area contributed by atoms with Crippen molar-refractivity contribution in [3.8, 4) is 11.8 Å². The zero-order chi connectivity index (χ0) is 16.1. The topological polar surface area (TPSA) is 58.8 Å². The first kappa shape index (κ1) is 15.3. The molecule has 4 nitrogen and oxygen atoms in total. The van der Waals surface area contributed by atoms with Gasteiger partial charge in [-0.15, -0.1) is 11.8 Å². The minimum atomic E-state index is 0.577. The summed E-state index contributed by atoms with van der Waals surface area (Å²) < 4.78 is 5.70. The zero-order valence-corrected chi connectivity index (χ0v) is 13.5. The molecule has 2 aromatic carbocycles. The Hall–Kier alpha value is -2.58. The van der Waals surface area contributed by atoms with Crippen LogP contribution in [0.2, 0.25) is 0 Å². The number of ether oxygens (including phenoxy) is 1. The first-order valence-electron chi connectivity index (χ1n) is 7.25. The quantitative estimate of drug-likeness (QED) is 0.404. The van der Waals surface area contributed by atoms with Crippen molar-refractivity contribution in [1.29, 1.82) is 5.26 Å². The van der Waals surface area contributed by atoms with E-state index in [0.717, 1.165) is 33.3 Å². The molecule has 0 N–H and O–H groups in total. The number of nitriles is 1. The molecule has 5 heteroatoms. The number of hydrogen-bond donors (Lipinski definition) is 0. The van der Waals surface area contributed by atoms with E-state index in [0.29, 0.717) is 12.2 Å². The van der Waals surface area contributed by atoms with Crippen LogP contribution < -0.4 is 4.74 Å². The summed E-state index contributed by atoms with van der Waals surface area (Å²) in [5.74, 6) is 2.34. The van der Waals surface area contributed by atoms with Crippen molar-refractivity contribution < 1.29 is 4.74 Å². The molecule has 0 saturated heterocycles. The van der Waals surface area contributed by atoms with Crippen LogP contribution in [-0.2, 0) is 0 Å². The summed E-state index contributed by atoms with van der Waals surface area (Å²) in [4.78, 5) is 8.98. The van der Waals surface area contributed by atoms with E-state index in [1.54, 1.807) is 23.9 Å². The molecule has 114 valence electrons. The van der Waals surface area contributed by atoms with E-state index >= 15 is 0 Å². The van der Waals surface area contributed by atoms with Gasteiger partial charge in [-0.2, -0.15) is 5.26 Å². The fourth-order valence-electron chi connectivity index (χ4n) is 2.19. The van der Waals surface area contributed by atoms with Crippen LogP contribution in [0.4, 0.5) is 0 Å². The summed E-state index contributed by atoms with van der Waals surface area (Å²) in [6.07, 6.45) is 0. The van der Waals surface area contributed by atoms with E-state index in [9.17, 15) is 0 Å². The maximum atomic E-state index is 8.77. The van der Waals surface area contributed by atoms with E-state index in [1.165, 1.54) is 0 Å². The molecule has 0 spiro atoms. The van der Waals surface area contributed by atoms with Gasteiger partial charge in [0.2, 0.25) is 0 Å². The molecule has 0 aliphatic heterocycles. The Balaban J connectivity index is 1.61. The van der Waals surface area contributed by atoms with Crippen molar-refractivity contribution in [2.24, 2.45) is 0 Å². The van der Waals surface area contributed by atoms with Crippen molar-refractivity contribution in [2.45, 2.75) is 11.9 Å². The van der Waals surface area contributed by atoms with E-state index in [2.05, 4.69) is 16.0 Å². The van der Waals surface area contributed by atoms with Crippen molar-refractivity contribution in [3.63, 3.8) is 0 Å². The zero-order valence-electron chi connectivity index (χ0n) is 12.7. The number of benzene rings is 2. The van der Waals surface area contributed by atoms with Crippen molar-refractivity contribution in [3.05, 3.63) is 59.9 Å². The molecule has 0 amide bonds. The van der Waals surface area contributed by atoms with Gasteiger partial charge in [-0.3, -0.25) is 0 Å². The third-order valence-electron chi connectivity index (χ3n) is 3.25. The maximum absolute atomic E-state index is 8.77. The summed E-state index contributed by atoms with van der Waals surface area (Å²) in [5, 5.41) is 10.8. The minimum Gasteiger partial charge on any atom is -0.493 e. The Bertz CT molecular complexity index is 856. The Kier molecular flexibility index (Phi) is 4.74. The van der Waals surface area contributed by atoms with Crippen LogP contribution in [0.25, 0.3) is 10.9 Å². The highest BCUT2D eigenvalue weighted by Gasteiger charge is 2.06. The number of thioether (sulfide) groups is 1. The van der Waals surface area contributed by atoms with Crippen molar-refractivity contribution >= 4 is 22.7 Å². The lowest BCUT2D eigenvalue weighted by Gasteiger charge is -2.08. The third kappa shape index (κ3) is 3.79. The molecular weight excluding hydrogens is 306 g/mol. The molecule has 0 aliphatic carbocycles. The average Bonchev–Trinajstić information content (AvgIpc) is 2.59. The highest BCUT2D eigenvalue weighted by atomic mass is 32.2. The molecule has 0 radical (unpaired) electrons. The first-order chi connectivity index (χ1) is 11.3. The van der Waals surface area contributed by atoms with Gasteiger partial charge in [0.05, 0.1) is 23.8 Å². The van der Waals surface area contributed by atoms with Gasteiger partial charge in [-0.25, -0.2) is 9.97 Å². The van der Waals surface area contributed by atoms with Crippen LogP contribution in [0.15, 0.2) is 53.6 Å². The Morgan fingerprint density at radius 3 is 2.65 bits per heavy atom. The van der Waals surface area contributed by atoms with Crippen LogP contribution in [-0.4, -0.2) is 22.3 Å². The van der Waals surface area contributed by atoms with E-state index in [-0.39, 0.29) is 0 Å². The number of aryl methyl sites for hydroxylation is 1. The van der Waals surface area contributed by atoms with Crippen molar-refractivity contribution in [1.82, 2.24) is 9.97 Å². The van der Waals surface area contributed by atoms with Gasteiger partial charge >= 0.3 is 0 Å². The number of para-hydroxylation sites is 1. The van der Waals surface area contributed by atoms with E-state index in [4.69, 9.17) is 10.00 Å². The normalized spacial score (nSPS) is 10.4. The lowest BCUT2D eigenvalue weighted by Crippen LogP contribution is -2.01. The second-order valence-electron chi connectivity index (χ2n) is 4.93. The average molecular weight is 321 g/mol. The fourth-order valence-corrected chi connectivity index (χ4v) is 3.08. The largest absolute Gasteiger partial charge is 0.493 e. The molecule has 23 heavy (non-hydrogen) atoms. The van der Waals surface area contributed by atoms with Crippen LogP contribution in [0, 0.1) is 18.3 Å². The maximum Gasteiger partial charge on any atom is 0.127 e. The number of fused-ring (bicyclic) bond motifs is 1. The predicted molar refractivity (Wildman–Crippen MR) is 91.7 cm³/mol. The second-order valence-corrected chi connectivity index (χ2v) is 6.01. The Morgan fingerprint density at radius 1 is 1.09 bits per heavy atom. The lowest BCUT2D eigenvalue weighted by atomic mass is 10.2. The molecule has 0 bridgehead atoms. The highest BCUT2D eigenvalue weighted by molar-refractivity contribution is 7.99. The standard InChI is InChI=1S/C18H15N3OS/c1-13-20-17-5-3-2-4-16(17)18(21-13)23-11-10-22-15-8-6-14(12-19)7-9-15/h2-9H,10-11H2,1H3. The molecule has 0 saturated carbocycles. The van der Waals surface area contributed by atoms with Crippen molar-refractivity contribution in [2.75, 3.05) is 12.4 Å². The molecule has 3 aromatic rings. The third-order valence-corrected chi connectivity index (χ3v) is 4.21. The summed E-state index contributed by atoms with van der Waals surface area (Å²) in [7, 11) is 0. The molecule has 0 fully saturated rings. The molecular formula is C18H15N3OS. The number of nitrogens with zero attached hydrogens (tertiary/aromatic N) is 3. The van der Waals surface area contributed by atoms with Crippen LogP contribution >= 0.6 is 11.8 Å². The summed E-state index contributed by atoms with van der Waals surface area (Å²) in [5.41, 5.74) is 1.60. The summed E-state index contributed by atoms with van der Waals surface area (Å²) >= 11 is 1.66. The number of hydrogen-bond acceptors (Lipinski definition) is 5. The fraction of sp³-hybridized carbons (Fsp3) is 0.167. The number of rotatable bonds is 5. The van der Waals surface area contributed by atoms with E-state index in [1.807, 2.05) is 43.3 Å². The molecule has 0 atom stereocenters. The van der Waals surface area contributed by atoms with E-state index < -0.39 is 0 Å². The van der Waals surface area contributed by atoms with Gasteiger partial charge in [0.25, 0.3) is 0 Å². The SMILES string of the molecule is Cc1nc(SCCOc2ccc(C#N)cc2)c2ccccc2n1. The predicted octanol–water partition coefficient (Wildman–Crippen LogP) is 3.98. The summed E-state index contributed by atoms with van der Waals surface area (Å²) in [6.45, 7) is 2.48. The Morgan fingerprint density at radius 2 is 1.87 bits per heavy atom. The van der Waals surface area contributed by atoms with Gasteiger partial charge in [0.1, 0.15) is 16.6 Å².